The lowest BCUT2D eigenvalue weighted by Gasteiger charge is -2.07. The third-order valence-corrected chi connectivity index (χ3v) is 6.11. The number of ketones is 1. The third-order valence-electron chi connectivity index (χ3n) is 5.08. The second kappa shape index (κ2) is 12.1. The van der Waals surface area contributed by atoms with E-state index in [-0.39, 0.29) is 23.9 Å². The lowest BCUT2D eigenvalue weighted by atomic mass is 10.2. The Hall–Kier alpha value is -3.06. The number of carbonyl (C=O) groups excluding carboxylic acids is 2. The highest BCUT2D eigenvalue weighted by Gasteiger charge is 2.13. The summed E-state index contributed by atoms with van der Waals surface area (Å²) in [7, 11) is 1.35. The lowest BCUT2D eigenvalue weighted by Crippen LogP contribution is -2.25. The number of benzene rings is 2. The topological polar surface area (TPSA) is 70.3 Å². The Morgan fingerprint density at radius 1 is 0.906 bits per heavy atom. The maximum absolute atomic E-state index is 13.1. The summed E-state index contributed by atoms with van der Waals surface area (Å²) in [6.07, 6.45) is 3.00. The highest BCUT2D eigenvalue weighted by atomic mass is 32.2. The van der Waals surface area contributed by atoms with Crippen LogP contribution in [-0.4, -0.2) is 33.7 Å². The van der Waals surface area contributed by atoms with Crippen molar-refractivity contribution in [2.75, 3.05) is 12.9 Å². The number of rotatable bonds is 12. The van der Waals surface area contributed by atoms with Crippen molar-refractivity contribution < 1.29 is 14.3 Å². The van der Waals surface area contributed by atoms with E-state index < -0.39 is 0 Å². The molecular weight excluding hydrogens is 424 g/mol. The van der Waals surface area contributed by atoms with E-state index in [1.54, 1.807) is 9.13 Å². The summed E-state index contributed by atoms with van der Waals surface area (Å²) < 4.78 is 8.11. The molecule has 0 saturated carbocycles. The van der Waals surface area contributed by atoms with Gasteiger partial charge in [-0.1, -0.05) is 60.7 Å². The van der Waals surface area contributed by atoms with E-state index in [1.807, 2.05) is 66.9 Å². The quantitative estimate of drug-likeness (QED) is 0.390. The van der Waals surface area contributed by atoms with E-state index in [0.717, 1.165) is 16.8 Å². The van der Waals surface area contributed by atoms with Gasteiger partial charge in [0.2, 0.25) is 0 Å². The first-order valence-corrected chi connectivity index (χ1v) is 11.7. The molecule has 7 heteroatoms. The van der Waals surface area contributed by atoms with Crippen LogP contribution in [0.15, 0.2) is 71.7 Å². The Balaban J connectivity index is 1.67. The molecule has 0 aliphatic heterocycles. The van der Waals surface area contributed by atoms with Gasteiger partial charge in [0.25, 0.3) is 0 Å². The Bertz CT molecular complexity index is 1070. The monoisotopic (exact) mass is 452 g/mol. The minimum Gasteiger partial charge on any atom is -0.469 e. The zero-order chi connectivity index (χ0) is 22.8. The van der Waals surface area contributed by atoms with Gasteiger partial charge in [-0.25, -0.2) is 4.79 Å². The van der Waals surface area contributed by atoms with Gasteiger partial charge in [0, 0.05) is 30.5 Å². The van der Waals surface area contributed by atoms with Crippen LogP contribution in [0.1, 0.15) is 36.1 Å². The number of aromatic nitrogens is 2. The minimum absolute atomic E-state index is 0.0577. The number of esters is 1. The number of nitrogens with zero attached hydrogens (tertiary/aromatic N) is 2. The van der Waals surface area contributed by atoms with E-state index in [2.05, 4.69) is 4.74 Å². The van der Waals surface area contributed by atoms with Crippen molar-refractivity contribution >= 4 is 23.5 Å². The van der Waals surface area contributed by atoms with Gasteiger partial charge in [0.15, 0.2) is 0 Å². The molecule has 3 rings (SSSR count). The van der Waals surface area contributed by atoms with Crippen LogP contribution in [0.3, 0.4) is 0 Å². The highest BCUT2D eigenvalue weighted by Crippen LogP contribution is 2.15. The average molecular weight is 453 g/mol. The second-order valence-corrected chi connectivity index (χ2v) is 8.54. The standard InChI is InChI=1S/C25H28N2O4S/c1-31-24(29)14-8-13-23(28)19-32-18-22-17-26(15-20-9-4-2-5-10-20)25(30)27(22)16-21-11-6-3-7-12-21/h2-7,9-12,17H,8,13-16,18-19H2,1H3. The summed E-state index contributed by atoms with van der Waals surface area (Å²) in [6, 6.07) is 19.8. The molecule has 0 N–H and O–H groups in total. The smallest absolute Gasteiger partial charge is 0.328 e. The Kier molecular flexibility index (Phi) is 8.92. The fourth-order valence-electron chi connectivity index (χ4n) is 3.40. The highest BCUT2D eigenvalue weighted by molar-refractivity contribution is 7.99. The molecule has 0 unspecified atom stereocenters. The van der Waals surface area contributed by atoms with E-state index >= 15 is 0 Å². The summed E-state index contributed by atoms with van der Waals surface area (Å²) in [5, 5.41) is 0. The van der Waals surface area contributed by atoms with E-state index in [0.29, 0.717) is 37.4 Å². The van der Waals surface area contributed by atoms with Crippen molar-refractivity contribution in [2.24, 2.45) is 0 Å². The van der Waals surface area contributed by atoms with Crippen molar-refractivity contribution in [2.45, 2.75) is 38.1 Å². The predicted octanol–water partition coefficient (Wildman–Crippen LogP) is 3.89. The van der Waals surface area contributed by atoms with E-state index in [1.165, 1.54) is 18.9 Å². The largest absolute Gasteiger partial charge is 0.469 e. The number of carbonyl (C=O) groups is 2. The van der Waals surface area contributed by atoms with Crippen LogP contribution >= 0.6 is 11.8 Å². The number of Topliss-reactive ketones (excluding diaryl/α,β-unsaturated/α-hetero) is 1. The van der Waals surface area contributed by atoms with Crippen LogP contribution in [0.5, 0.6) is 0 Å². The summed E-state index contributed by atoms with van der Waals surface area (Å²) in [6.45, 7) is 0.996. The average Bonchev–Trinajstić information content (AvgIpc) is 3.09. The van der Waals surface area contributed by atoms with E-state index in [9.17, 15) is 14.4 Å². The minimum atomic E-state index is -0.296. The second-order valence-electron chi connectivity index (χ2n) is 7.55. The lowest BCUT2D eigenvalue weighted by molar-refractivity contribution is -0.140. The molecule has 0 fully saturated rings. The number of thioether (sulfide) groups is 1. The first-order valence-electron chi connectivity index (χ1n) is 10.6. The molecule has 1 aromatic heterocycles. The van der Waals surface area contributed by atoms with Crippen LogP contribution < -0.4 is 5.69 Å². The third kappa shape index (κ3) is 6.99. The maximum Gasteiger partial charge on any atom is 0.328 e. The molecule has 2 aromatic carbocycles. The molecule has 3 aromatic rings. The van der Waals surface area contributed by atoms with Gasteiger partial charge in [-0.05, 0) is 17.5 Å². The van der Waals surface area contributed by atoms with Crippen LogP contribution in [0.4, 0.5) is 0 Å². The van der Waals surface area contributed by atoms with Crippen LogP contribution in [0.25, 0.3) is 0 Å². The van der Waals surface area contributed by atoms with Gasteiger partial charge in [0.1, 0.15) is 5.78 Å². The summed E-state index contributed by atoms with van der Waals surface area (Å²) >= 11 is 1.49. The number of ether oxygens (including phenoxy) is 1. The number of hydrogen-bond donors (Lipinski definition) is 0. The normalized spacial score (nSPS) is 10.8. The molecule has 32 heavy (non-hydrogen) atoms. The number of imidazole rings is 1. The molecular formula is C25H28N2O4S. The molecule has 1 heterocycles. The van der Waals surface area contributed by atoms with E-state index in [4.69, 9.17) is 0 Å². The SMILES string of the molecule is COC(=O)CCCC(=O)CSCc1cn(Cc2ccccc2)c(=O)n1Cc1ccccc1. The summed E-state index contributed by atoms with van der Waals surface area (Å²) in [5.41, 5.74) is 2.95. The van der Waals surface area contributed by atoms with Gasteiger partial charge in [-0.15, -0.1) is 11.8 Å². The Morgan fingerprint density at radius 2 is 1.53 bits per heavy atom. The molecule has 0 aliphatic carbocycles. The molecule has 0 aliphatic rings. The first-order chi connectivity index (χ1) is 15.6. The molecule has 0 bridgehead atoms. The fourth-order valence-corrected chi connectivity index (χ4v) is 4.31. The summed E-state index contributed by atoms with van der Waals surface area (Å²) in [5.74, 6) is 0.715. The van der Waals surface area contributed by atoms with Gasteiger partial charge in [-0.3, -0.25) is 18.7 Å². The number of methoxy groups -OCH3 is 1. The first kappa shape index (κ1) is 23.6. The molecule has 0 atom stereocenters. The molecule has 0 radical (unpaired) electrons. The van der Waals surface area contributed by atoms with Crippen LogP contribution in [-0.2, 0) is 33.2 Å². The van der Waals surface area contributed by atoms with Gasteiger partial charge < -0.3 is 4.74 Å². The van der Waals surface area contributed by atoms with Gasteiger partial charge in [0.05, 0.1) is 26.0 Å². The molecule has 0 spiro atoms. The van der Waals surface area contributed by atoms with Crippen LogP contribution in [0.2, 0.25) is 0 Å². The van der Waals surface area contributed by atoms with Crippen molar-refractivity contribution in [1.29, 1.82) is 0 Å². The molecule has 6 nitrogen and oxygen atoms in total. The zero-order valence-corrected chi connectivity index (χ0v) is 19.1. The fraction of sp³-hybridized carbons (Fsp3) is 0.320. The molecule has 0 amide bonds. The maximum atomic E-state index is 13.1. The van der Waals surface area contributed by atoms with Crippen molar-refractivity contribution in [3.63, 3.8) is 0 Å². The van der Waals surface area contributed by atoms with Crippen molar-refractivity contribution in [3.8, 4) is 0 Å². The molecule has 168 valence electrons. The Labute approximate surface area is 192 Å². The zero-order valence-electron chi connectivity index (χ0n) is 18.2. The molecule has 0 saturated heterocycles. The Morgan fingerprint density at radius 3 is 2.16 bits per heavy atom. The van der Waals surface area contributed by atoms with Crippen molar-refractivity contribution in [1.82, 2.24) is 9.13 Å². The van der Waals surface area contributed by atoms with Gasteiger partial charge >= 0.3 is 11.7 Å². The van der Waals surface area contributed by atoms with Crippen LogP contribution in [0, 0.1) is 0 Å². The number of hydrogen-bond acceptors (Lipinski definition) is 5. The summed E-state index contributed by atoms with van der Waals surface area (Å²) in [4.78, 5) is 36.5. The van der Waals surface area contributed by atoms with Crippen molar-refractivity contribution in [3.05, 3.63) is 94.2 Å². The predicted molar refractivity (Wildman–Crippen MR) is 127 cm³/mol. The van der Waals surface area contributed by atoms with Gasteiger partial charge in [-0.2, -0.15) is 0 Å².